The third-order valence-corrected chi connectivity index (χ3v) is 3.16. The molecule has 0 aromatic carbocycles. The monoisotopic (exact) mass is 153 g/mol. The summed E-state index contributed by atoms with van der Waals surface area (Å²) in [6, 6.07) is 0. The first-order chi connectivity index (χ1) is 5.22. The van der Waals surface area contributed by atoms with Gasteiger partial charge in [-0.25, -0.2) is 0 Å². The molecule has 0 atom stereocenters. The van der Waals surface area contributed by atoms with E-state index in [-0.39, 0.29) is 0 Å². The van der Waals surface area contributed by atoms with E-state index in [1.165, 1.54) is 32.1 Å². The molecule has 1 aliphatic carbocycles. The van der Waals surface area contributed by atoms with Crippen molar-refractivity contribution >= 4 is 0 Å². The summed E-state index contributed by atoms with van der Waals surface area (Å²) in [6.07, 6.45) is 7.33. The van der Waals surface area contributed by atoms with Gasteiger partial charge in [-0.05, 0) is 30.6 Å². The fourth-order valence-corrected chi connectivity index (χ4v) is 2.03. The van der Waals surface area contributed by atoms with Crippen molar-refractivity contribution in [1.82, 2.24) is 0 Å². The van der Waals surface area contributed by atoms with Crippen molar-refractivity contribution in [2.75, 3.05) is 0 Å². The van der Waals surface area contributed by atoms with Crippen molar-refractivity contribution in [3.05, 3.63) is 5.92 Å². The minimum absolute atomic E-state index is 0.804. The summed E-state index contributed by atoms with van der Waals surface area (Å²) in [5.41, 5.74) is 0. The molecule has 0 aromatic rings. The van der Waals surface area contributed by atoms with Gasteiger partial charge in [0.25, 0.3) is 0 Å². The summed E-state index contributed by atoms with van der Waals surface area (Å²) < 4.78 is 0. The van der Waals surface area contributed by atoms with E-state index >= 15 is 0 Å². The molecule has 0 aliphatic heterocycles. The van der Waals surface area contributed by atoms with Gasteiger partial charge in [-0.3, -0.25) is 0 Å². The van der Waals surface area contributed by atoms with E-state index in [2.05, 4.69) is 20.8 Å². The van der Waals surface area contributed by atoms with Crippen LogP contribution in [0.4, 0.5) is 0 Å². The smallest absolute Gasteiger partial charge is 0.0216 e. The summed E-state index contributed by atoms with van der Waals surface area (Å²) in [5, 5.41) is 0. The molecular formula is C11H21. The van der Waals surface area contributed by atoms with E-state index in [0.29, 0.717) is 0 Å². The molecule has 0 aromatic heterocycles. The lowest BCUT2D eigenvalue weighted by Crippen LogP contribution is -2.17. The minimum atomic E-state index is 0.804. The summed E-state index contributed by atoms with van der Waals surface area (Å²) in [5.74, 6) is 3.51. The van der Waals surface area contributed by atoms with E-state index in [4.69, 9.17) is 0 Å². The predicted octanol–water partition coefficient (Wildman–Crippen LogP) is 3.82. The lowest BCUT2D eigenvalue weighted by Gasteiger charge is -2.29. The molecule has 1 fully saturated rings. The van der Waals surface area contributed by atoms with Crippen LogP contribution in [0.2, 0.25) is 0 Å². The Labute approximate surface area is 71.4 Å². The minimum Gasteiger partial charge on any atom is -0.0622 e. The van der Waals surface area contributed by atoms with Crippen LogP contribution in [0.1, 0.15) is 52.9 Å². The van der Waals surface area contributed by atoms with E-state index in [9.17, 15) is 0 Å². The quantitative estimate of drug-likeness (QED) is 0.566. The molecule has 0 nitrogen and oxygen atoms in total. The molecule has 0 bridgehead atoms. The zero-order valence-electron chi connectivity index (χ0n) is 8.19. The standard InChI is InChI=1S/C11H21/c1-9(2)10(3)11-7-5-4-6-8-11/h9,11H,4-8H2,1-3H3. The largest absolute Gasteiger partial charge is 0.0622 e. The van der Waals surface area contributed by atoms with E-state index in [1.54, 1.807) is 5.92 Å². The predicted molar refractivity (Wildman–Crippen MR) is 50.3 cm³/mol. The second kappa shape index (κ2) is 4.13. The van der Waals surface area contributed by atoms with Crippen molar-refractivity contribution in [3.63, 3.8) is 0 Å². The number of hydrogen-bond acceptors (Lipinski definition) is 0. The first-order valence-electron chi connectivity index (χ1n) is 5.05. The zero-order valence-corrected chi connectivity index (χ0v) is 8.19. The summed E-state index contributed by atoms with van der Waals surface area (Å²) in [4.78, 5) is 0. The molecule has 1 aliphatic rings. The molecule has 0 saturated heterocycles. The average Bonchev–Trinajstić information content (AvgIpc) is 2.05. The Kier molecular flexibility index (Phi) is 3.42. The number of hydrogen-bond donors (Lipinski definition) is 0. The van der Waals surface area contributed by atoms with Gasteiger partial charge in [0, 0.05) is 0 Å². The van der Waals surface area contributed by atoms with Crippen molar-refractivity contribution < 1.29 is 0 Å². The van der Waals surface area contributed by atoms with Crippen molar-refractivity contribution in [2.45, 2.75) is 52.9 Å². The molecule has 0 amide bonds. The Morgan fingerprint density at radius 3 is 2.09 bits per heavy atom. The molecule has 0 heterocycles. The third kappa shape index (κ3) is 2.50. The highest BCUT2D eigenvalue weighted by atomic mass is 14.3. The third-order valence-electron chi connectivity index (χ3n) is 3.16. The van der Waals surface area contributed by atoms with Crippen LogP contribution in [0.5, 0.6) is 0 Å². The maximum Gasteiger partial charge on any atom is -0.0216 e. The van der Waals surface area contributed by atoms with E-state index < -0.39 is 0 Å². The first kappa shape index (κ1) is 9.09. The van der Waals surface area contributed by atoms with Gasteiger partial charge >= 0.3 is 0 Å². The Morgan fingerprint density at radius 1 is 1.09 bits per heavy atom. The molecule has 1 radical (unpaired) electrons. The van der Waals surface area contributed by atoms with Gasteiger partial charge in [0.05, 0.1) is 0 Å². The Hall–Kier alpha value is 0. The molecule has 0 heteroatoms. The van der Waals surface area contributed by atoms with Crippen molar-refractivity contribution in [3.8, 4) is 0 Å². The Bertz CT molecular complexity index is 98.6. The Morgan fingerprint density at radius 2 is 1.64 bits per heavy atom. The van der Waals surface area contributed by atoms with Crippen LogP contribution in [-0.4, -0.2) is 0 Å². The molecule has 1 saturated carbocycles. The highest BCUT2D eigenvalue weighted by Gasteiger charge is 2.22. The molecular weight excluding hydrogens is 132 g/mol. The molecule has 65 valence electrons. The van der Waals surface area contributed by atoms with Crippen LogP contribution in [0.3, 0.4) is 0 Å². The molecule has 0 spiro atoms. The molecule has 0 unspecified atom stereocenters. The summed E-state index contributed by atoms with van der Waals surface area (Å²) >= 11 is 0. The van der Waals surface area contributed by atoms with Gasteiger partial charge in [0.1, 0.15) is 0 Å². The maximum atomic E-state index is 2.35. The number of rotatable bonds is 2. The highest BCUT2D eigenvalue weighted by molar-refractivity contribution is 4.95. The lowest BCUT2D eigenvalue weighted by molar-refractivity contribution is 0.338. The second-order valence-corrected chi connectivity index (χ2v) is 4.23. The van der Waals surface area contributed by atoms with Crippen LogP contribution in [0.15, 0.2) is 0 Å². The fraction of sp³-hybridized carbons (Fsp3) is 0.909. The van der Waals surface area contributed by atoms with E-state index in [1.807, 2.05) is 0 Å². The lowest BCUT2D eigenvalue weighted by atomic mass is 9.76. The Balaban J connectivity index is 2.32. The molecule has 1 rings (SSSR count). The summed E-state index contributed by atoms with van der Waals surface area (Å²) in [6.45, 7) is 6.99. The van der Waals surface area contributed by atoms with E-state index in [0.717, 1.165) is 11.8 Å². The van der Waals surface area contributed by atoms with Gasteiger partial charge in [-0.15, -0.1) is 0 Å². The van der Waals surface area contributed by atoms with Gasteiger partial charge in [-0.2, -0.15) is 0 Å². The molecule has 0 N–H and O–H groups in total. The van der Waals surface area contributed by atoms with Crippen LogP contribution in [0, 0.1) is 17.8 Å². The van der Waals surface area contributed by atoms with Crippen LogP contribution >= 0.6 is 0 Å². The summed E-state index contributed by atoms with van der Waals surface area (Å²) in [7, 11) is 0. The fourth-order valence-electron chi connectivity index (χ4n) is 2.03. The van der Waals surface area contributed by atoms with Crippen LogP contribution in [-0.2, 0) is 0 Å². The van der Waals surface area contributed by atoms with Gasteiger partial charge in [-0.1, -0.05) is 40.0 Å². The SMILES string of the molecule is C[C](C(C)C)C1CCCCC1. The van der Waals surface area contributed by atoms with Crippen molar-refractivity contribution in [1.29, 1.82) is 0 Å². The normalized spacial score (nSPS) is 21.5. The van der Waals surface area contributed by atoms with Crippen LogP contribution < -0.4 is 0 Å². The maximum absolute atomic E-state index is 2.35. The zero-order chi connectivity index (χ0) is 8.27. The van der Waals surface area contributed by atoms with Gasteiger partial charge in [0.2, 0.25) is 0 Å². The van der Waals surface area contributed by atoms with Crippen LogP contribution in [0.25, 0.3) is 0 Å². The first-order valence-corrected chi connectivity index (χ1v) is 5.05. The molecule has 11 heavy (non-hydrogen) atoms. The topological polar surface area (TPSA) is 0 Å². The van der Waals surface area contributed by atoms with Crippen molar-refractivity contribution in [2.24, 2.45) is 11.8 Å². The average molecular weight is 153 g/mol. The van der Waals surface area contributed by atoms with Gasteiger partial charge < -0.3 is 0 Å². The highest BCUT2D eigenvalue weighted by Crippen LogP contribution is 2.34. The second-order valence-electron chi connectivity index (χ2n) is 4.23. The van der Waals surface area contributed by atoms with Gasteiger partial charge in [0.15, 0.2) is 0 Å².